The summed E-state index contributed by atoms with van der Waals surface area (Å²) in [5, 5.41) is 4.55. The summed E-state index contributed by atoms with van der Waals surface area (Å²) in [7, 11) is 3.76. The van der Waals surface area contributed by atoms with Crippen LogP contribution in [0.2, 0.25) is 0 Å². The molecule has 0 amide bonds. The van der Waals surface area contributed by atoms with Gasteiger partial charge in [0.15, 0.2) is 11.6 Å². The van der Waals surface area contributed by atoms with Crippen LogP contribution in [-0.2, 0) is 11.8 Å². The predicted octanol–water partition coefficient (Wildman–Crippen LogP) is 3.54. The number of nitrogens with zero attached hydrogens (tertiary/aromatic N) is 7. The van der Waals surface area contributed by atoms with Crippen molar-refractivity contribution in [2.24, 2.45) is 7.05 Å². The summed E-state index contributed by atoms with van der Waals surface area (Å²) in [4.78, 5) is 18.8. The van der Waals surface area contributed by atoms with E-state index in [0.717, 1.165) is 46.4 Å². The molecule has 1 aromatic carbocycles. The van der Waals surface area contributed by atoms with Crippen molar-refractivity contribution in [2.75, 3.05) is 7.11 Å². The Bertz CT molecular complexity index is 1240. The van der Waals surface area contributed by atoms with Crippen LogP contribution >= 0.6 is 0 Å². The highest BCUT2D eigenvalue weighted by molar-refractivity contribution is 5.76. The molecule has 0 N–H and O–H groups in total. The molecule has 5 rings (SSSR count). The summed E-state index contributed by atoms with van der Waals surface area (Å²) in [5.41, 5.74) is 3.23. The summed E-state index contributed by atoms with van der Waals surface area (Å²) in [6.07, 6.45) is 0.851. The van der Waals surface area contributed by atoms with Crippen LogP contribution in [-0.4, -0.2) is 41.4 Å². The van der Waals surface area contributed by atoms with Crippen LogP contribution in [0.25, 0.3) is 16.9 Å². The third kappa shape index (κ3) is 3.08. The molecule has 0 bridgehead atoms. The third-order valence-electron chi connectivity index (χ3n) is 5.84. The van der Waals surface area contributed by atoms with Crippen molar-refractivity contribution in [3.05, 3.63) is 59.3 Å². The van der Waals surface area contributed by atoms with Gasteiger partial charge in [-0.1, -0.05) is 12.1 Å². The Hall–Kier alpha value is -3.13. The van der Waals surface area contributed by atoms with Gasteiger partial charge in [0, 0.05) is 32.1 Å². The van der Waals surface area contributed by atoms with Gasteiger partial charge in [-0.15, -0.1) is 5.10 Å². The zero-order valence-corrected chi connectivity index (χ0v) is 17.9. The minimum Gasteiger partial charge on any atom is -0.374 e. The minimum atomic E-state index is -0.182. The molecule has 1 aliphatic carbocycles. The first-order chi connectivity index (χ1) is 14.5. The molecular formula is C22H25N7O. The van der Waals surface area contributed by atoms with Crippen LogP contribution in [0.3, 0.4) is 0 Å². The molecule has 1 saturated carbocycles. The highest BCUT2D eigenvalue weighted by atomic mass is 16.5. The number of aryl methyl sites for hydroxylation is 3. The molecular weight excluding hydrogens is 378 g/mol. The molecule has 3 atom stereocenters. The van der Waals surface area contributed by atoms with E-state index in [0.29, 0.717) is 17.7 Å². The molecule has 4 aromatic rings. The van der Waals surface area contributed by atoms with Gasteiger partial charge in [-0.2, -0.15) is 4.68 Å². The maximum atomic E-state index is 5.47. The highest BCUT2D eigenvalue weighted by Gasteiger charge is 2.44. The number of fused-ring (bicyclic) bond motifs is 1. The van der Waals surface area contributed by atoms with Gasteiger partial charge in [-0.05, 0) is 39.3 Å². The first kappa shape index (κ1) is 18.9. The quantitative estimate of drug-likeness (QED) is 0.507. The Kier molecular flexibility index (Phi) is 4.39. The average Bonchev–Trinajstić information content (AvgIpc) is 3.33. The Morgan fingerprint density at radius 1 is 1.03 bits per heavy atom. The van der Waals surface area contributed by atoms with Gasteiger partial charge in [-0.3, -0.25) is 0 Å². The van der Waals surface area contributed by atoms with Crippen LogP contribution in [0.1, 0.15) is 60.3 Å². The number of ether oxygens (including phenoxy) is 1. The second-order valence-electron chi connectivity index (χ2n) is 7.97. The number of methoxy groups -OCH3 is 1. The Morgan fingerprint density at radius 3 is 2.60 bits per heavy atom. The van der Waals surface area contributed by atoms with Crippen molar-refractivity contribution in [3.8, 4) is 5.82 Å². The van der Waals surface area contributed by atoms with Gasteiger partial charge in [0.2, 0.25) is 0 Å². The van der Waals surface area contributed by atoms with E-state index in [1.165, 1.54) is 0 Å². The van der Waals surface area contributed by atoms with E-state index in [9.17, 15) is 0 Å². The maximum Gasteiger partial charge on any atom is 0.162 e. The van der Waals surface area contributed by atoms with Crippen molar-refractivity contribution >= 4 is 11.0 Å². The highest BCUT2D eigenvalue weighted by Crippen LogP contribution is 2.54. The molecule has 0 aliphatic heterocycles. The standard InChI is InChI=1S/C22H25N7O/c1-12(30-5)21-25-14(3)27-29(21)20-11-18(23-13(2)24-20)15-10-16(15)22-26-17-8-6-7-9-19(17)28(22)4/h6-9,11-12,15-16H,10H2,1-5H3. The molecule has 8 heteroatoms. The van der Waals surface area contributed by atoms with Gasteiger partial charge < -0.3 is 9.30 Å². The number of para-hydroxylation sites is 2. The predicted molar refractivity (Wildman–Crippen MR) is 113 cm³/mol. The van der Waals surface area contributed by atoms with E-state index >= 15 is 0 Å². The summed E-state index contributed by atoms with van der Waals surface area (Å²) < 4.78 is 9.45. The van der Waals surface area contributed by atoms with Crippen molar-refractivity contribution in [3.63, 3.8) is 0 Å². The van der Waals surface area contributed by atoms with E-state index < -0.39 is 0 Å². The van der Waals surface area contributed by atoms with E-state index in [1.807, 2.05) is 32.9 Å². The molecule has 0 spiro atoms. The van der Waals surface area contributed by atoms with Gasteiger partial charge >= 0.3 is 0 Å². The molecule has 0 saturated heterocycles. The second kappa shape index (κ2) is 6.98. The summed E-state index contributed by atoms with van der Waals surface area (Å²) in [6.45, 7) is 5.75. The van der Waals surface area contributed by atoms with Crippen LogP contribution < -0.4 is 0 Å². The second-order valence-corrected chi connectivity index (χ2v) is 7.97. The lowest BCUT2D eigenvalue weighted by atomic mass is 10.2. The van der Waals surface area contributed by atoms with E-state index in [4.69, 9.17) is 14.7 Å². The lowest BCUT2D eigenvalue weighted by Gasteiger charge is -2.12. The first-order valence-electron chi connectivity index (χ1n) is 10.2. The molecule has 154 valence electrons. The summed E-state index contributed by atoms with van der Waals surface area (Å²) >= 11 is 0. The monoisotopic (exact) mass is 403 g/mol. The van der Waals surface area contributed by atoms with E-state index in [-0.39, 0.29) is 6.10 Å². The molecule has 0 radical (unpaired) electrons. The van der Waals surface area contributed by atoms with Crippen molar-refractivity contribution in [2.45, 2.75) is 45.1 Å². The maximum absolute atomic E-state index is 5.47. The van der Waals surface area contributed by atoms with Crippen molar-refractivity contribution in [1.82, 2.24) is 34.3 Å². The van der Waals surface area contributed by atoms with E-state index in [1.54, 1.807) is 11.8 Å². The molecule has 3 heterocycles. The number of hydrogen-bond acceptors (Lipinski definition) is 6. The third-order valence-corrected chi connectivity index (χ3v) is 5.84. The summed E-state index contributed by atoms with van der Waals surface area (Å²) in [5.74, 6) is 4.69. The SMILES string of the molecule is COC(C)c1nc(C)nn1-c1cc(C2CC2c2nc3ccccc3n2C)nc(C)n1. The smallest absolute Gasteiger partial charge is 0.162 e. The Morgan fingerprint density at radius 2 is 1.83 bits per heavy atom. The van der Waals surface area contributed by atoms with Crippen LogP contribution in [0.5, 0.6) is 0 Å². The number of hydrogen-bond donors (Lipinski definition) is 0. The van der Waals surface area contributed by atoms with E-state index in [2.05, 4.69) is 44.9 Å². The largest absolute Gasteiger partial charge is 0.374 e. The number of benzene rings is 1. The fraction of sp³-hybridized carbons (Fsp3) is 0.409. The summed E-state index contributed by atoms with van der Waals surface area (Å²) in [6, 6.07) is 10.3. The van der Waals surface area contributed by atoms with Gasteiger partial charge in [-0.25, -0.2) is 19.9 Å². The Labute approximate surface area is 175 Å². The topological polar surface area (TPSA) is 83.5 Å². The molecule has 1 aliphatic rings. The molecule has 1 fully saturated rings. The van der Waals surface area contributed by atoms with Crippen LogP contribution in [0, 0.1) is 13.8 Å². The molecule has 3 unspecified atom stereocenters. The van der Waals surface area contributed by atoms with Crippen molar-refractivity contribution in [1.29, 1.82) is 0 Å². The molecule has 3 aromatic heterocycles. The van der Waals surface area contributed by atoms with Gasteiger partial charge in [0.25, 0.3) is 0 Å². The van der Waals surface area contributed by atoms with Gasteiger partial charge in [0.05, 0.1) is 16.7 Å². The Balaban J connectivity index is 1.50. The number of imidazole rings is 1. The number of aromatic nitrogens is 7. The van der Waals surface area contributed by atoms with Crippen molar-refractivity contribution < 1.29 is 4.74 Å². The normalized spacial score (nSPS) is 19.4. The zero-order valence-electron chi connectivity index (χ0n) is 17.9. The zero-order chi connectivity index (χ0) is 21.0. The number of rotatable bonds is 5. The lowest BCUT2D eigenvalue weighted by Crippen LogP contribution is -2.11. The molecule has 30 heavy (non-hydrogen) atoms. The average molecular weight is 403 g/mol. The first-order valence-corrected chi connectivity index (χ1v) is 10.2. The minimum absolute atomic E-state index is 0.182. The fourth-order valence-electron chi connectivity index (χ4n) is 4.14. The van der Waals surface area contributed by atoms with Crippen LogP contribution in [0.4, 0.5) is 0 Å². The van der Waals surface area contributed by atoms with Crippen LogP contribution in [0.15, 0.2) is 30.3 Å². The fourth-order valence-corrected chi connectivity index (χ4v) is 4.14. The molecule has 8 nitrogen and oxygen atoms in total. The van der Waals surface area contributed by atoms with Gasteiger partial charge in [0.1, 0.15) is 23.6 Å². The lowest BCUT2D eigenvalue weighted by molar-refractivity contribution is 0.110.